The molecule has 4 rings (SSSR count). The molecule has 0 aliphatic heterocycles. The maximum absolute atomic E-state index is 12.9. The van der Waals surface area contributed by atoms with Crippen LogP contribution in [0.3, 0.4) is 0 Å². The van der Waals surface area contributed by atoms with Gasteiger partial charge >= 0.3 is 0 Å². The zero-order valence-electron chi connectivity index (χ0n) is 14.5. The highest BCUT2D eigenvalue weighted by atomic mass is 35.5. The first kappa shape index (κ1) is 18.0. The van der Waals surface area contributed by atoms with E-state index in [9.17, 15) is 4.79 Å². The molecule has 0 radical (unpaired) electrons. The number of carbonyl (C=O) groups excluding carboxylic acids is 1. The van der Waals surface area contributed by atoms with Crippen LogP contribution in [-0.4, -0.2) is 10.9 Å². The van der Waals surface area contributed by atoms with E-state index in [1.54, 1.807) is 12.4 Å². The van der Waals surface area contributed by atoms with Gasteiger partial charge in [-0.2, -0.15) is 0 Å². The molecule has 1 atom stereocenters. The van der Waals surface area contributed by atoms with E-state index < -0.39 is 0 Å². The van der Waals surface area contributed by atoms with Crippen molar-refractivity contribution in [1.29, 1.82) is 0 Å². The van der Waals surface area contributed by atoms with Gasteiger partial charge in [0, 0.05) is 34.4 Å². The predicted molar refractivity (Wildman–Crippen MR) is 108 cm³/mol. The van der Waals surface area contributed by atoms with Gasteiger partial charge in [0.05, 0.1) is 5.92 Å². The second-order valence-electron chi connectivity index (χ2n) is 6.82. The van der Waals surface area contributed by atoms with Crippen LogP contribution < -0.4 is 5.32 Å². The summed E-state index contributed by atoms with van der Waals surface area (Å²) in [6, 6.07) is 19.3. The topological polar surface area (TPSA) is 42.0 Å². The van der Waals surface area contributed by atoms with E-state index in [0.717, 1.165) is 23.1 Å². The first-order chi connectivity index (χ1) is 13.1. The van der Waals surface area contributed by atoms with Crippen LogP contribution in [0.4, 0.5) is 0 Å². The average Bonchev–Trinajstić information content (AvgIpc) is 3.45. The molecule has 1 aliphatic rings. The van der Waals surface area contributed by atoms with Crippen LogP contribution in [0.1, 0.15) is 23.1 Å². The van der Waals surface area contributed by atoms with Gasteiger partial charge in [0.25, 0.3) is 0 Å². The fraction of sp³-hybridized carbons (Fsp3) is 0.182. The zero-order chi connectivity index (χ0) is 18.9. The second kappa shape index (κ2) is 7.34. The molecule has 1 N–H and O–H groups in total. The van der Waals surface area contributed by atoms with Crippen molar-refractivity contribution in [2.24, 2.45) is 5.92 Å². The summed E-state index contributed by atoms with van der Waals surface area (Å²) < 4.78 is 0. The van der Waals surface area contributed by atoms with E-state index >= 15 is 0 Å². The predicted octanol–water partition coefficient (Wildman–Crippen LogP) is 5.01. The molecule has 0 spiro atoms. The summed E-state index contributed by atoms with van der Waals surface area (Å²) >= 11 is 12.1. The summed E-state index contributed by atoms with van der Waals surface area (Å²) in [6.45, 7) is 0.473. The second-order valence-corrected chi connectivity index (χ2v) is 7.69. The van der Waals surface area contributed by atoms with Gasteiger partial charge in [-0.3, -0.25) is 9.78 Å². The molecule has 1 fully saturated rings. The maximum atomic E-state index is 12.9. The van der Waals surface area contributed by atoms with Crippen LogP contribution in [0.5, 0.6) is 0 Å². The Kier molecular flexibility index (Phi) is 4.90. The van der Waals surface area contributed by atoms with Gasteiger partial charge in [0.2, 0.25) is 5.91 Å². The van der Waals surface area contributed by atoms with Crippen molar-refractivity contribution in [1.82, 2.24) is 10.3 Å². The van der Waals surface area contributed by atoms with Crippen LogP contribution in [0.15, 0.2) is 73.1 Å². The lowest BCUT2D eigenvalue weighted by Gasteiger charge is -2.19. The lowest BCUT2D eigenvalue weighted by Crippen LogP contribution is -2.28. The van der Waals surface area contributed by atoms with Gasteiger partial charge in [-0.1, -0.05) is 53.5 Å². The maximum Gasteiger partial charge on any atom is 0.224 e. The quantitative estimate of drug-likeness (QED) is 0.658. The molecule has 1 unspecified atom stereocenters. The van der Waals surface area contributed by atoms with Crippen LogP contribution in [0.2, 0.25) is 10.0 Å². The molecule has 2 aromatic carbocycles. The lowest BCUT2D eigenvalue weighted by atomic mass is 9.85. The number of rotatable bonds is 5. The number of halogens is 2. The Hall–Kier alpha value is -2.36. The third-order valence-corrected chi connectivity index (χ3v) is 5.69. The largest absolute Gasteiger partial charge is 0.352 e. The average molecular weight is 397 g/mol. The molecule has 3 aromatic rings. The normalized spacial score (nSPS) is 17.3. The van der Waals surface area contributed by atoms with E-state index in [4.69, 9.17) is 23.2 Å². The van der Waals surface area contributed by atoms with E-state index in [2.05, 4.69) is 10.3 Å². The van der Waals surface area contributed by atoms with Crippen molar-refractivity contribution in [3.05, 3.63) is 99.8 Å². The minimum absolute atomic E-state index is 0.0451. The summed E-state index contributed by atoms with van der Waals surface area (Å²) in [5.74, 6) is -0.0831. The van der Waals surface area contributed by atoms with Crippen LogP contribution in [0, 0.1) is 5.92 Å². The number of pyridine rings is 1. The minimum Gasteiger partial charge on any atom is -0.352 e. The third kappa shape index (κ3) is 3.58. The summed E-state index contributed by atoms with van der Waals surface area (Å²) in [7, 11) is 0. The monoisotopic (exact) mass is 396 g/mol. The molecular weight excluding hydrogens is 379 g/mol. The van der Waals surface area contributed by atoms with Gasteiger partial charge in [0.1, 0.15) is 0 Å². The Balaban J connectivity index is 1.60. The van der Waals surface area contributed by atoms with Crippen LogP contribution >= 0.6 is 23.2 Å². The van der Waals surface area contributed by atoms with Crippen LogP contribution in [0.25, 0.3) is 0 Å². The molecule has 3 nitrogen and oxygen atoms in total. The molecule has 1 heterocycles. The molecule has 1 aliphatic carbocycles. The van der Waals surface area contributed by atoms with Gasteiger partial charge < -0.3 is 5.32 Å². The minimum atomic E-state index is -0.339. The lowest BCUT2D eigenvalue weighted by molar-refractivity contribution is -0.122. The van der Waals surface area contributed by atoms with E-state index in [1.807, 2.05) is 60.7 Å². The third-order valence-electron chi connectivity index (χ3n) is 5.19. The van der Waals surface area contributed by atoms with Crippen molar-refractivity contribution < 1.29 is 4.79 Å². The number of hydrogen-bond acceptors (Lipinski definition) is 2. The Morgan fingerprint density at radius 2 is 1.59 bits per heavy atom. The Labute approximate surface area is 168 Å². The van der Waals surface area contributed by atoms with Gasteiger partial charge in [-0.15, -0.1) is 0 Å². The SMILES string of the molecule is O=C(NCc1cccnc1)C1CC1(c1ccc(Cl)cc1)c1ccc(Cl)cc1. The number of amides is 1. The molecule has 1 amide bonds. The molecule has 5 heteroatoms. The summed E-state index contributed by atoms with van der Waals surface area (Å²) in [4.78, 5) is 17.0. The Bertz CT molecular complexity index is 895. The van der Waals surface area contributed by atoms with Crippen molar-refractivity contribution in [3.63, 3.8) is 0 Å². The standard InChI is InChI=1S/C22H18Cl2N2O/c23-18-7-3-16(4-8-18)22(17-5-9-19(24)10-6-17)12-20(22)21(27)26-14-15-2-1-11-25-13-15/h1-11,13,20H,12,14H2,(H,26,27). The molecule has 0 bridgehead atoms. The fourth-order valence-electron chi connectivity index (χ4n) is 3.69. The number of benzene rings is 2. The number of carbonyl (C=O) groups is 1. The first-order valence-electron chi connectivity index (χ1n) is 8.78. The fourth-order valence-corrected chi connectivity index (χ4v) is 3.95. The highest BCUT2D eigenvalue weighted by molar-refractivity contribution is 6.30. The van der Waals surface area contributed by atoms with Gasteiger partial charge in [-0.25, -0.2) is 0 Å². The zero-order valence-corrected chi connectivity index (χ0v) is 16.0. The first-order valence-corrected chi connectivity index (χ1v) is 9.54. The summed E-state index contributed by atoms with van der Waals surface area (Å²) in [5, 5.41) is 4.41. The highest BCUT2D eigenvalue weighted by Crippen LogP contribution is 2.59. The number of nitrogens with one attached hydrogen (secondary N) is 1. The molecule has 1 saturated carbocycles. The molecule has 27 heavy (non-hydrogen) atoms. The smallest absolute Gasteiger partial charge is 0.224 e. The van der Waals surface area contributed by atoms with E-state index in [1.165, 1.54) is 0 Å². The Morgan fingerprint density at radius 3 is 2.11 bits per heavy atom. The molecule has 0 saturated heterocycles. The molecule has 1 aromatic heterocycles. The highest BCUT2D eigenvalue weighted by Gasteiger charge is 2.60. The van der Waals surface area contributed by atoms with Crippen molar-refractivity contribution in [3.8, 4) is 0 Å². The van der Waals surface area contributed by atoms with Gasteiger partial charge in [0.15, 0.2) is 0 Å². The van der Waals surface area contributed by atoms with Crippen LogP contribution in [-0.2, 0) is 16.8 Å². The summed E-state index contributed by atoms with van der Waals surface area (Å²) in [5.41, 5.74) is 2.83. The summed E-state index contributed by atoms with van der Waals surface area (Å²) in [6.07, 6.45) is 4.24. The van der Waals surface area contributed by atoms with Crippen molar-refractivity contribution in [2.75, 3.05) is 0 Å². The number of hydrogen-bond donors (Lipinski definition) is 1. The molecule has 136 valence electrons. The van der Waals surface area contributed by atoms with Gasteiger partial charge in [-0.05, 0) is 53.4 Å². The molecular formula is C22H18Cl2N2O. The van der Waals surface area contributed by atoms with E-state index in [-0.39, 0.29) is 17.2 Å². The van der Waals surface area contributed by atoms with Crippen molar-refractivity contribution in [2.45, 2.75) is 18.4 Å². The Morgan fingerprint density at radius 1 is 1.00 bits per heavy atom. The van der Waals surface area contributed by atoms with Crippen molar-refractivity contribution >= 4 is 29.1 Å². The number of aromatic nitrogens is 1. The number of nitrogens with zero attached hydrogens (tertiary/aromatic N) is 1. The van der Waals surface area contributed by atoms with E-state index in [0.29, 0.717) is 16.6 Å².